The summed E-state index contributed by atoms with van der Waals surface area (Å²) in [6.07, 6.45) is -1.69. The van der Waals surface area contributed by atoms with Crippen molar-refractivity contribution in [1.29, 1.82) is 0 Å². The van der Waals surface area contributed by atoms with Crippen LogP contribution in [0.15, 0.2) is 48.5 Å². The molecule has 2 aromatic rings. The molecule has 6 nitrogen and oxygen atoms in total. The highest BCUT2D eigenvalue weighted by Gasteiger charge is 2.65. The van der Waals surface area contributed by atoms with Crippen LogP contribution < -0.4 is 0 Å². The van der Waals surface area contributed by atoms with Gasteiger partial charge in [0.25, 0.3) is 0 Å². The average molecular weight is 381 g/mol. The van der Waals surface area contributed by atoms with E-state index in [1.807, 2.05) is 24.3 Å². The zero-order valence-electron chi connectivity index (χ0n) is 15.9. The van der Waals surface area contributed by atoms with E-state index in [1.165, 1.54) is 18.2 Å². The Kier molecular flexibility index (Phi) is 3.98. The van der Waals surface area contributed by atoms with E-state index in [-0.39, 0.29) is 19.1 Å². The molecule has 1 N–H and O–H groups in total. The Bertz CT molecular complexity index is 885. The minimum atomic E-state index is -0.820. The number of carbonyl (C=O) groups is 1. The van der Waals surface area contributed by atoms with Crippen LogP contribution in [0, 0.1) is 0 Å². The summed E-state index contributed by atoms with van der Waals surface area (Å²) in [6.45, 7) is 0.458. The number of methoxy groups -OCH3 is 2. The lowest BCUT2D eigenvalue weighted by atomic mass is 9.77. The second-order valence-corrected chi connectivity index (χ2v) is 7.68. The van der Waals surface area contributed by atoms with Crippen molar-refractivity contribution in [2.75, 3.05) is 27.4 Å². The molecular formula is C22H23NO5. The molecule has 0 spiro atoms. The lowest BCUT2D eigenvalue weighted by Gasteiger charge is -2.38. The Balaban J connectivity index is 1.70. The molecule has 1 aliphatic carbocycles. The number of nitrogens with zero attached hydrogens (tertiary/aromatic N) is 1. The van der Waals surface area contributed by atoms with Gasteiger partial charge < -0.3 is 19.3 Å². The van der Waals surface area contributed by atoms with E-state index in [9.17, 15) is 9.90 Å². The van der Waals surface area contributed by atoms with Gasteiger partial charge in [-0.3, -0.25) is 4.90 Å². The fourth-order valence-electron chi connectivity index (χ4n) is 5.40. The van der Waals surface area contributed by atoms with Crippen LogP contribution in [0.5, 0.6) is 0 Å². The number of likely N-dealkylation sites (tertiary alicyclic amines) is 1. The lowest BCUT2D eigenvalue weighted by Crippen LogP contribution is -2.50. The van der Waals surface area contributed by atoms with Crippen molar-refractivity contribution in [2.24, 2.45) is 0 Å². The zero-order chi connectivity index (χ0) is 19.5. The molecular weight excluding hydrogens is 358 g/mol. The van der Waals surface area contributed by atoms with Crippen molar-refractivity contribution in [3.63, 3.8) is 0 Å². The molecule has 3 aliphatic rings. The molecule has 6 heteroatoms. The topological polar surface area (TPSA) is 68.2 Å². The monoisotopic (exact) mass is 381 g/mol. The Labute approximate surface area is 163 Å². The molecule has 2 saturated heterocycles. The second kappa shape index (κ2) is 6.30. The molecule has 28 heavy (non-hydrogen) atoms. The highest BCUT2D eigenvalue weighted by atomic mass is 16.6. The van der Waals surface area contributed by atoms with Crippen LogP contribution in [-0.4, -0.2) is 67.3 Å². The molecule has 0 unspecified atom stereocenters. The van der Waals surface area contributed by atoms with Crippen LogP contribution in [0.25, 0.3) is 11.1 Å². The first-order chi connectivity index (χ1) is 13.6. The van der Waals surface area contributed by atoms with Gasteiger partial charge in [-0.15, -0.1) is 0 Å². The number of rotatable bonds is 2. The quantitative estimate of drug-likeness (QED) is 0.865. The smallest absolute Gasteiger partial charge is 0.410 e. The fourth-order valence-corrected chi connectivity index (χ4v) is 5.40. The summed E-state index contributed by atoms with van der Waals surface area (Å²) in [4.78, 5) is 14.1. The number of aliphatic hydroxyl groups is 1. The van der Waals surface area contributed by atoms with Crippen LogP contribution in [0.2, 0.25) is 0 Å². The maximum absolute atomic E-state index is 12.5. The second-order valence-electron chi connectivity index (χ2n) is 7.68. The third kappa shape index (κ3) is 2.16. The number of hydrogen-bond acceptors (Lipinski definition) is 5. The van der Waals surface area contributed by atoms with Gasteiger partial charge in [0, 0.05) is 13.0 Å². The Morgan fingerprint density at radius 1 is 1.11 bits per heavy atom. The third-order valence-corrected chi connectivity index (χ3v) is 6.52. The summed E-state index contributed by atoms with van der Waals surface area (Å²) in [5.41, 5.74) is 3.83. The number of hydrogen-bond donors (Lipinski definition) is 1. The maximum Gasteiger partial charge on any atom is 0.410 e. The van der Waals surface area contributed by atoms with Crippen LogP contribution in [-0.2, 0) is 14.2 Å². The molecule has 0 aromatic heterocycles. The van der Waals surface area contributed by atoms with Gasteiger partial charge in [0.2, 0.25) is 0 Å². The highest BCUT2D eigenvalue weighted by molar-refractivity contribution is 5.80. The molecule has 2 aliphatic heterocycles. The SMILES string of the molecule is COC(=O)N1C[C@](OC)(C2c3ccccc3-c3ccccc32)[C@H]2OC[C@H](O)[C@H]21. The van der Waals surface area contributed by atoms with Gasteiger partial charge in [0.15, 0.2) is 0 Å². The summed E-state index contributed by atoms with van der Waals surface area (Å²) >= 11 is 0. The van der Waals surface area contributed by atoms with Crippen LogP contribution >= 0.6 is 0 Å². The first-order valence-electron chi connectivity index (χ1n) is 9.50. The molecule has 5 rings (SSSR count). The van der Waals surface area contributed by atoms with E-state index < -0.39 is 29.9 Å². The molecule has 2 fully saturated rings. The zero-order valence-corrected chi connectivity index (χ0v) is 15.9. The summed E-state index contributed by atoms with van der Waals surface area (Å²) in [5.74, 6) is -0.114. The maximum atomic E-state index is 12.5. The number of benzene rings is 2. The lowest BCUT2D eigenvalue weighted by molar-refractivity contribution is -0.0988. The average Bonchev–Trinajstić information content (AvgIpc) is 3.38. The molecule has 2 heterocycles. The van der Waals surface area contributed by atoms with Crippen molar-refractivity contribution in [1.82, 2.24) is 4.90 Å². The molecule has 146 valence electrons. The van der Waals surface area contributed by atoms with Gasteiger partial charge in [-0.25, -0.2) is 4.79 Å². The summed E-state index contributed by atoms with van der Waals surface area (Å²) in [5, 5.41) is 10.5. The minimum absolute atomic E-state index is 0.114. The Morgan fingerprint density at radius 3 is 2.29 bits per heavy atom. The normalized spacial score (nSPS) is 30.8. The summed E-state index contributed by atoms with van der Waals surface area (Å²) in [6, 6.07) is 16.1. The Morgan fingerprint density at radius 2 is 1.71 bits per heavy atom. The largest absolute Gasteiger partial charge is 0.453 e. The molecule has 4 atom stereocenters. The van der Waals surface area contributed by atoms with Crippen molar-refractivity contribution < 1.29 is 24.1 Å². The highest BCUT2D eigenvalue weighted by Crippen LogP contribution is 2.55. The fraction of sp³-hybridized carbons (Fsp3) is 0.409. The summed E-state index contributed by atoms with van der Waals surface area (Å²) < 4.78 is 17.2. The number of ether oxygens (including phenoxy) is 3. The molecule has 1 amide bonds. The molecule has 0 radical (unpaired) electrons. The van der Waals surface area contributed by atoms with Crippen molar-refractivity contribution in [2.45, 2.75) is 29.8 Å². The first kappa shape index (κ1) is 17.7. The number of fused-ring (bicyclic) bond motifs is 4. The van der Waals surface area contributed by atoms with E-state index in [0.717, 1.165) is 11.1 Å². The van der Waals surface area contributed by atoms with E-state index in [1.54, 1.807) is 12.0 Å². The van der Waals surface area contributed by atoms with E-state index in [2.05, 4.69) is 24.3 Å². The first-order valence-corrected chi connectivity index (χ1v) is 9.50. The standard InChI is InChI=1S/C22H23NO5/c1-26-21(25)23-12-22(27-2,20-19(23)17(24)11-28-20)18-15-9-5-3-7-13(15)14-8-4-6-10-16(14)18/h3-10,17-20,24H,11-12H2,1-2H3/t17-,19+,20-,22-/m0/s1. The van der Waals surface area contributed by atoms with Gasteiger partial charge in [0.1, 0.15) is 17.8 Å². The number of aliphatic hydroxyl groups excluding tert-OH is 1. The van der Waals surface area contributed by atoms with Gasteiger partial charge >= 0.3 is 6.09 Å². The number of amides is 1. The van der Waals surface area contributed by atoms with Gasteiger partial charge in [-0.2, -0.15) is 0 Å². The van der Waals surface area contributed by atoms with E-state index in [0.29, 0.717) is 0 Å². The molecule has 2 aromatic carbocycles. The molecule has 0 bridgehead atoms. The summed E-state index contributed by atoms with van der Waals surface area (Å²) in [7, 11) is 3.02. The van der Waals surface area contributed by atoms with Gasteiger partial charge in [0.05, 0.1) is 26.3 Å². The number of carbonyl (C=O) groups excluding carboxylic acids is 1. The molecule has 0 saturated carbocycles. The van der Waals surface area contributed by atoms with Crippen molar-refractivity contribution >= 4 is 6.09 Å². The van der Waals surface area contributed by atoms with Crippen molar-refractivity contribution in [3.05, 3.63) is 59.7 Å². The predicted molar refractivity (Wildman–Crippen MR) is 102 cm³/mol. The van der Waals surface area contributed by atoms with E-state index >= 15 is 0 Å². The third-order valence-electron chi connectivity index (χ3n) is 6.52. The van der Waals surface area contributed by atoms with Crippen LogP contribution in [0.1, 0.15) is 17.0 Å². The minimum Gasteiger partial charge on any atom is -0.453 e. The Hall–Kier alpha value is -2.41. The van der Waals surface area contributed by atoms with E-state index in [4.69, 9.17) is 14.2 Å². The van der Waals surface area contributed by atoms with Crippen LogP contribution in [0.4, 0.5) is 4.79 Å². The predicted octanol–water partition coefficient (Wildman–Crippen LogP) is 2.39. The van der Waals surface area contributed by atoms with Gasteiger partial charge in [-0.1, -0.05) is 48.5 Å². The van der Waals surface area contributed by atoms with Crippen LogP contribution in [0.3, 0.4) is 0 Å². The van der Waals surface area contributed by atoms with Gasteiger partial charge in [-0.05, 0) is 22.3 Å². The van der Waals surface area contributed by atoms with Crippen molar-refractivity contribution in [3.8, 4) is 11.1 Å².